The highest BCUT2D eigenvalue weighted by atomic mass is 35.5. The lowest BCUT2D eigenvalue weighted by Gasteiger charge is -2.07. The van der Waals surface area contributed by atoms with E-state index in [0.29, 0.717) is 18.7 Å². The first kappa shape index (κ1) is 16.5. The molecule has 116 valence electrons. The number of nitrogens with one attached hydrogen (secondary N) is 2. The molecule has 22 heavy (non-hydrogen) atoms. The quantitative estimate of drug-likeness (QED) is 0.765. The predicted octanol–water partition coefficient (Wildman–Crippen LogP) is 3.64. The van der Waals surface area contributed by atoms with Gasteiger partial charge in [-0.2, -0.15) is 0 Å². The summed E-state index contributed by atoms with van der Waals surface area (Å²) in [7, 11) is 0. The first-order valence-electron chi connectivity index (χ1n) is 7.14. The number of hydrogen-bond donors (Lipinski definition) is 2. The number of anilines is 1. The zero-order valence-electron chi connectivity index (χ0n) is 12.1. The second kappa shape index (κ2) is 8.51. The van der Waals surface area contributed by atoms with Crippen LogP contribution in [-0.4, -0.2) is 19.0 Å². The number of carbonyl (C=O) groups is 1. The number of amides is 1. The molecule has 0 atom stereocenters. The monoisotopic (exact) mass is 320 g/mol. The van der Waals surface area contributed by atoms with Gasteiger partial charge in [0.1, 0.15) is 5.82 Å². The average molecular weight is 321 g/mol. The molecule has 3 nitrogen and oxygen atoms in total. The van der Waals surface area contributed by atoms with Gasteiger partial charge in [-0.15, -0.1) is 0 Å². The lowest BCUT2D eigenvalue weighted by molar-refractivity contribution is -0.116. The highest BCUT2D eigenvalue weighted by Gasteiger charge is 2.02. The van der Waals surface area contributed by atoms with Gasteiger partial charge in [0.2, 0.25) is 5.91 Å². The van der Waals surface area contributed by atoms with Crippen molar-refractivity contribution in [1.82, 2.24) is 5.32 Å². The topological polar surface area (TPSA) is 41.1 Å². The molecule has 0 saturated carbocycles. The number of benzene rings is 2. The third-order valence-corrected chi connectivity index (χ3v) is 3.37. The van der Waals surface area contributed by atoms with Crippen LogP contribution in [0.5, 0.6) is 0 Å². The van der Waals surface area contributed by atoms with Crippen LogP contribution >= 0.6 is 11.6 Å². The molecular weight excluding hydrogens is 303 g/mol. The van der Waals surface area contributed by atoms with Crippen LogP contribution in [0.15, 0.2) is 48.5 Å². The number of carbonyl (C=O) groups excluding carboxylic acids is 1. The second-order valence-corrected chi connectivity index (χ2v) is 5.37. The van der Waals surface area contributed by atoms with Crippen LogP contribution in [0.2, 0.25) is 5.02 Å². The molecule has 0 aliphatic heterocycles. The minimum absolute atomic E-state index is 0.0955. The standard InChI is InChI=1S/C17H18ClFN2O/c18-14-3-1-2-13(12-14)8-10-20-11-9-17(22)21-16-6-4-15(19)5-7-16/h1-7,12,20H,8-11H2,(H,21,22). The zero-order chi connectivity index (χ0) is 15.8. The Bertz CT molecular complexity index is 616. The van der Waals surface area contributed by atoms with Crippen molar-refractivity contribution in [2.24, 2.45) is 0 Å². The molecule has 5 heteroatoms. The van der Waals surface area contributed by atoms with E-state index in [-0.39, 0.29) is 11.7 Å². The van der Waals surface area contributed by atoms with Crippen molar-refractivity contribution in [3.05, 3.63) is 64.9 Å². The van der Waals surface area contributed by atoms with E-state index in [1.165, 1.54) is 12.1 Å². The van der Waals surface area contributed by atoms with Crippen molar-refractivity contribution >= 4 is 23.2 Å². The van der Waals surface area contributed by atoms with E-state index in [9.17, 15) is 9.18 Å². The molecule has 0 saturated heterocycles. The van der Waals surface area contributed by atoms with Crippen LogP contribution in [0.1, 0.15) is 12.0 Å². The summed E-state index contributed by atoms with van der Waals surface area (Å²) in [5, 5.41) is 6.67. The average Bonchev–Trinajstić information content (AvgIpc) is 2.49. The Hall–Kier alpha value is -1.91. The maximum Gasteiger partial charge on any atom is 0.225 e. The molecule has 0 spiro atoms. The fourth-order valence-corrected chi connectivity index (χ4v) is 2.22. The highest BCUT2D eigenvalue weighted by molar-refractivity contribution is 6.30. The lowest BCUT2D eigenvalue weighted by Crippen LogP contribution is -2.23. The first-order valence-corrected chi connectivity index (χ1v) is 7.52. The summed E-state index contributed by atoms with van der Waals surface area (Å²) in [6, 6.07) is 13.4. The van der Waals surface area contributed by atoms with Crippen molar-refractivity contribution in [2.75, 3.05) is 18.4 Å². The van der Waals surface area contributed by atoms with E-state index in [0.717, 1.165) is 23.6 Å². The van der Waals surface area contributed by atoms with E-state index in [4.69, 9.17) is 11.6 Å². The van der Waals surface area contributed by atoms with Gasteiger partial charge >= 0.3 is 0 Å². The van der Waals surface area contributed by atoms with Gasteiger partial charge in [-0.1, -0.05) is 23.7 Å². The van der Waals surface area contributed by atoms with Crippen molar-refractivity contribution in [3.63, 3.8) is 0 Å². The molecule has 2 rings (SSSR count). The fourth-order valence-electron chi connectivity index (χ4n) is 2.01. The van der Waals surface area contributed by atoms with E-state index in [1.54, 1.807) is 12.1 Å². The molecule has 0 bridgehead atoms. The van der Waals surface area contributed by atoms with Crippen LogP contribution in [0, 0.1) is 5.82 Å². The predicted molar refractivity (Wildman–Crippen MR) is 87.7 cm³/mol. The van der Waals surface area contributed by atoms with Gasteiger partial charge in [0, 0.05) is 23.7 Å². The van der Waals surface area contributed by atoms with Gasteiger partial charge in [-0.3, -0.25) is 4.79 Å². The third kappa shape index (κ3) is 5.84. The Morgan fingerprint density at radius 1 is 1.09 bits per heavy atom. The van der Waals surface area contributed by atoms with Gasteiger partial charge in [0.25, 0.3) is 0 Å². The maximum absolute atomic E-state index is 12.7. The minimum atomic E-state index is -0.319. The Labute approximate surface area is 134 Å². The Kier molecular flexibility index (Phi) is 6.37. The van der Waals surface area contributed by atoms with Crippen molar-refractivity contribution in [1.29, 1.82) is 0 Å². The summed E-state index contributed by atoms with van der Waals surface area (Å²) in [6.45, 7) is 1.37. The molecule has 2 aromatic rings. The molecule has 0 aliphatic carbocycles. The molecule has 0 unspecified atom stereocenters. The number of rotatable bonds is 7. The summed E-state index contributed by atoms with van der Waals surface area (Å²) in [5.74, 6) is -0.414. The van der Waals surface area contributed by atoms with Gasteiger partial charge < -0.3 is 10.6 Å². The van der Waals surface area contributed by atoms with Crippen LogP contribution in [0.3, 0.4) is 0 Å². The summed E-state index contributed by atoms with van der Waals surface area (Å²) >= 11 is 5.92. The fraction of sp³-hybridized carbons (Fsp3) is 0.235. The molecule has 0 heterocycles. The van der Waals surface area contributed by atoms with Crippen molar-refractivity contribution in [2.45, 2.75) is 12.8 Å². The second-order valence-electron chi connectivity index (χ2n) is 4.93. The SMILES string of the molecule is O=C(CCNCCc1cccc(Cl)c1)Nc1ccc(F)cc1. The Morgan fingerprint density at radius 3 is 2.59 bits per heavy atom. The Morgan fingerprint density at radius 2 is 1.86 bits per heavy atom. The molecule has 2 N–H and O–H groups in total. The highest BCUT2D eigenvalue weighted by Crippen LogP contribution is 2.11. The molecular formula is C17H18ClFN2O. The minimum Gasteiger partial charge on any atom is -0.326 e. The largest absolute Gasteiger partial charge is 0.326 e. The van der Waals surface area contributed by atoms with Gasteiger partial charge in [-0.25, -0.2) is 4.39 Å². The Balaban J connectivity index is 1.62. The van der Waals surface area contributed by atoms with Crippen molar-refractivity contribution < 1.29 is 9.18 Å². The van der Waals surface area contributed by atoms with Gasteiger partial charge in [0.05, 0.1) is 0 Å². The number of hydrogen-bond acceptors (Lipinski definition) is 2. The zero-order valence-corrected chi connectivity index (χ0v) is 12.9. The van der Waals surface area contributed by atoms with Crippen molar-refractivity contribution in [3.8, 4) is 0 Å². The van der Waals surface area contributed by atoms with E-state index < -0.39 is 0 Å². The molecule has 0 radical (unpaired) electrons. The van der Waals surface area contributed by atoms with E-state index >= 15 is 0 Å². The van der Waals surface area contributed by atoms with Crippen LogP contribution in [0.25, 0.3) is 0 Å². The summed E-state index contributed by atoms with van der Waals surface area (Å²) < 4.78 is 12.7. The van der Waals surface area contributed by atoms with Crippen LogP contribution < -0.4 is 10.6 Å². The summed E-state index contributed by atoms with van der Waals surface area (Å²) in [5.41, 5.74) is 1.76. The van der Waals surface area contributed by atoms with Gasteiger partial charge in [0.15, 0.2) is 0 Å². The molecule has 0 fully saturated rings. The van der Waals surface area contributed by atoms with E-state index in [2.05, 4.69) is 10.6 Å². The van der Waals surface area contributed by atoms with Gasteiger partial charge in [-0.05, 0) is 54.9 Å². The van der Waals surface area contributed by atoms with Crippen LogP contribution in [0.4, 0.5) is 10.1 Å². The van der Waals surface area contributed by atoms with E-state index in [1.807, 2.05) is 24.3 Å². The lowest BCUT2D eigenvalue weighted by atomic mass is 10.1. The molecule has 0 aromatic heterocycles. The molecule has 1 amide bonds. The summed E-state index contributed by atoms with van der Waals surface area (Å²) in [4.78, 5) is 11.7. The number of halogens is 2. The third-order valence-electron chi connectivity index (χ3n) is 3.14. The molecule has 2 aromatic carbocycles. The normalized spacial score (nSPS) is 10.5. The van der Waals surface area contributed by atoms with Crippen LogP contribution in [-0.2, 0) is 11.2 Å². The smallest absolute Gasteiger partial charge is 0.225 e. The molecule has 0 aliphatic rings. The summed E-state index contributed by atoms with van der Waals surface area (Å²) in [6.07, 6.45) is 1.23. The maximum atomic E-state index is 12.7. The first-order chi connectivity index (χ1) is 10.6.